The molecule has 21 atom stereocenters. The Morgan fingerprint density at radius 3 is 2.03 bits per heavy atom. The third-order valence-electron chi connectivity index (χ3n) is 18.6. The lowest BCUT2D eigenvalue weighted by molar-refractivity contribution is -0.385. The number of hydrogen-bond acceptors (Lipinski definition) is 15. The summed E-state index contributed by atoms with van der Waals surface area (Å²) in [5, 5.41) is 95.5. The molecule has 7 fully saturated rings. The van der Waals surface area contributed by atoms with E-state index in [2.05, 4.69) is 54.5 Å². The van der Waals surface area contributed by atoms with E-state index in [1.165, 1.54) is 5.57 Å². The Labute approximate surface area is 364 Å². The standard InChI is InChI=1S/C46H74O16/c1-41(2)14-16-46(40(55)56)17-15-44(6)22(23(46)18-41)8-9-28-43(5)12-11-29(42(3,4)27(43)10-13-45(28,44)7)60-39-36(62-38-34(54)32(52)31(51)26(19-47)59-38)35(25(49)21-58-39)61-37-33(53)30(50)24(48)20-57-37/h8,23-39,47-54H,9-21H2,1-7H3,(H,55,56)/t23-,24+,25-,26+,27+,28-,29-,30+,31-,32+,33-,34+,35+,36-,37-,38+,39-,43+,44+,45+,46-/m1/s1. The van der Waals surface area contributed by atoms with Crippen LogP contribution in [0, 0.1) is 50.2 Å². The van der Waals surface area contributed by atoms with Crippen LogP contribution < -0.4 is 0 Å². The summed E-state index contributed by atoms with van der Waals surface area (Å²) < 4.78 is 36.8. The number of aliphatic hydroxyl groups excluding tert-OH is 8. The van der Waals surface area contributed by atoms with E-state index < -0.39 is 109 Å². The highest BCUT2D eigenvalue weighted by atomic mass is 16.8. The molecular formula is C46H74O16. The molecule has 9 N–H and O–H groups in total. The first-order valence-corrected chi connectivity index (χ1v) is 23.1. The first kappa shape index (κ1) is 47.2. The van der Waals surface area contributed by atoms with Gasteiger partial charge in [0.15, 0.2) is 18.9 Å². The van der Waals surface area contributed by atoms with Gasteiger partial charge in [-0.25, -0.2) is 0 Å². The van der Waals surface area contributed by atoms with Crippen molar-refractivity contribution in [1.82, 2.24) is 0 Å². The highest BCUT2D eigenvalue weighted by molar-refractivity contribution is 5.76. The highest BCUT2D eigenvalue weighted by Crippen LogP contribution is 2.76. The summed E-state index contributed by atoms with van der Waals surface area (Å²) in [5.74, 6) is -0.0624. The summed E-state index contributed by atoms with van der Waals surface area (Å²) >= 11 is 0. The average Bonchev–Trinajstić information content (AvgIpc) is 3.21. The molecule has 0 aromatic carbocycles. The zero-order chi connectivity index (χ0) is 45.1. The van der Waals surface area contributed by atoms with Crippen molar-refractivity contribution >= 4 is 5.97 Å². The minimum Gasteiger partial charge on any atom is -0.481 e. The second kappa shape index (κ2) is 16.5. The molecule has 0 bridgehead atoms. The van der Waals surface area contributed by atoms with Gasteiger partial charge in [0.25, 0.3) is 0 Å². The topological polar surface area (TPSA) is 255 Å². The normalized spacial score (nSPS) is 53.6. The van der Waals surface area contributed by atoms with Crippen molar-refractivity contribution in [1.29, 1.82) is 0 Å². The molecule has 8 rings (SSSR count). The molecule has 0 spiro atoms. The lowest BCUT2D eigenvalue weighted by atomic mass is 9.33. The maximum absolute atomic E-state index is 13.1. The molecule has 16 nitrogen and oxygen atoms in total. The molecule has 0 aromatic heterocycles. The molecule has 0 unspecified atom stereocenters. The molecular weight excluding hydrogens is 808 g/mol. The Morgan fingerprint density at radius 1 is 0.694 bits per heavy atom. The van der Waals surface area contributed by atoms with Gasteiger partial charge in [-0.2, -0.15) is 0 Å². The van der Waals surface area contributed by atoms with Gasteiger partial charge in [0, 0.05) is 0 Å². The predicted molar refractivity (Wildman–Crippen MR) is 219 cm³/mol. The molecule has 3 aliphatic heterocycles. The summed E-state index contributed by atoms with van der Waals surface area (Å²) in [6, 6.07) is 0. The van der Waals surface area contributed by atoms with E-state index >= 15 is 0 Å². The third kappa shape index (κ3) is 7.28. The fourth-order valence-corrected chi connectivity index (χ4v) is 14.6. The Balaban J connectivity index is 1.06. The van der Waals surface area contributed by atoms with Crippen LogP contribution in [0.15, 0.2) is 11.6 Å². The van der Waals surface area contributed by atoms with Gasteiger partial charge in [0.2, 0.25) is 0 Å². The van der Waals surface area contributed by atoms with Crippen LogP contribution in [-0.4, -0.2) is 158 Å². The Hall–Kier alpha value is -1.35. The zero-order valence-corrected chi connectivity index (χ0v) is 37.5. The van der Waals surface area contributed by atoms with E-state index in [-0.39, 0.29) is 46.7 Å². The summed E-state index contributed by atoms with van der Waals surface area (Å²) in [5.41, 5.74) is 0.0518. The van der Waals surface area contributed by atoms with Crippen LogP contribution in [0.2, 0.25) is 0 Å². The highest BCUT2D eigenvalue weighted by Gasteiger charge is 2.70. The quantitative estimate of drug-likeness (QED) is 0.125. The van der Waals surface area contributed by atoms with Gasteiger partial charge in [-0.3, -0.25) is 4.79 Å². The number of carboxylic acid groups (broad SMARTS) is 1. The van der Waals surface area contributed by atoms with Gasteiger partial charge in [-0.05, 0) is 109 Å². The fourth-order valence-electron chi connectivity index (χ4n) is 14.6. The third-order valence-corrected chi connectivity index (χ3v) is 18.6. The first-order chi connectivity index (χ1) is 29.0. The van der Waals surface area contributed by atoms with Crippen molar-refractivity contribution in [2.24, 2.45) is 50.2 Å². The molecule has 0 amide bonds. The number of carbonyl (C=O) groups is 1. The van der Waals surface area contributed by atoms with Gasteiger partial charge in [0.05, 0.1) is 31.3 Å². The van der Waals surface area contributed by atoms with Crippen LogP contribution in [0.4, 0.5) is 0 Å². The minimum atomic E-state index is -1.80. The van der Waals surface area contributed by atoms with Crippen molar-refractivity contribution in [3.8, 4) is 0 Å². The molecule has 4 saturated carbocycles. The zero-order valence-electron chi connectivity index (χ0n) is 37.5. The lowest BCUT2D eigenvalue weighted by Gasteiger charge is -2.71. The first-order valence-electron chi connectivity index (χ1n) is 23.1. The Morgan fingerprint density at radius 2 is 1.34 bits per heavy atom. The van der Waals surface area contributed by atoms with Gasteiger partial charge < -0.3 is 74.4 Å². The molecule has 0 aromatic rings. The van der Waals surface area contributed by atoms with Gasteiger partial charge in [0.1, 0.15) is 61.0 Å². The second-order valence-electron chi connectivity index (χ2n) is 22.6. The van der Waals surface area contributed by atoms with E-state index in [9.17, 15) is 50.8 Å². The fraction of sp³-hybridized carbons (Fsp3) is 0.935. The molecule has 0 radical (unpaired) electrons. The van der Waals surface area contributed by atoms with Gasteiger partial charge >= 0.3 is 5.97 Å². The lowest BCUT2D eigenvalue weighted by Crippen LogP contribution is -2.66. The molecule has 16 heteroatoms. The van der Waals surface area contributed by atoms with Gasteiger partial charge in [-0.1, -0.05) is 60.1 Å². The Bertz CT molecular complexity index is 1690. The van der Waals surface area contributed by atoms with Crippen molar-refractivity contribution in [2.45, 2.75) is 199 Å². The van der Waals surface area contributed by atoms with E-state index in [4.69, 9.17) is 28.4 Å². The monoisotopic (exact) mass is 882 g/mol. The number of aliphatic hydroxyl groups is 8. The van der Waals surface area contributed by atoms with Crippen LogP contribution in [0.25, 0.3) is 0 Å². The van der Waals surface area contributed by atoms with Crippen LogP contribution >= 0.6 is 0 Å². The Kier molecular flexibility index (Phi) is 12.5. The summed E-state index contributed by atoms with van der Waals surface area (Å²) in [7, 11) is 0. The van der Waals surface area contributed by atoms with Crippen molar-refractivity contribution in [3.63, 3.8) is 0 Å². The minimum absolute atomic E-state index is 0.0240. The molecule has 3 heterocycles. The van der Waals surface area contributed by atoms with Crippen molar-refractivity contribution in [3.05, 3.63) is 11.6 Å². The number of rotatable bonds is 8. The number of ether oxygens (including phenoxy) is 6. The van der Waals surface area contributed by atoms with Crippen LogP contribution in [-0.2, 0) is 33.2 Å². The predicted octanol–water partition coefficient (Wildman–Crippen LogP) is 1.98. The molecule has 3 saturated heterocycles. The second-order valence-corrected chi connectivity index (χ2v) is 22.6. The maximum atomic E-state index is 13.1. The smallest absolute Gasteiger partial charge is 0.310 e. The number of fused-ring (bicyclic) bond motifs is 7. The molecule has 62 heavy (non-hydrogen) atoms. The molecule has 354 valence electrons. The van der Waals surface area contributed by atoms with Crippen molar-refractivity contribution < 1.29 is 79.2 Å². The van der Waals surface area contributed by atoms with Gasteiger partial charge in [-0.15, -0.1) is 0 Å². The average molecular weight is 883 g/mol. The molecule has 8 aliphatic rings. The van der Waals surface area contributed by atoms with Crippen LogP contribution in [0.1, 0.15) is 113 Å². The molecule has 5 aliphatic carbocycles. The number of carboxylic acids is 1. The SMILES string of the molecule is CC1(C)CC[C@@]2(C(=O)O)CC[C@@]3(C)C(=CC[C@@H]4[C@@]5(C)CC[C@@H](O[C@H]6OC[C@@H](O)[C@H](O[C@H]7OC[C@H](O)[C@H](O)[C@H]7O)[C@H]6O[C@@H]6O[C@@H](CO)[C@@H](O)[C@H](O)[C@@H]6O)C(C)(C)[C@@H]5CC[C@@]43C)[C@H]2C1. The summed E-state index contributed by atoms with van der Waals surface area (Å²) in [4.78, 5) is 13.1. The van der Waals surface area contributed by atoms with E-state index in [0.717, 1.165) is 51.4 Å². The number of aliphatic carboxylic acids is 1. The summed E-state index contributed by atoms with van der Waals surface area (Å²) in [6.45, 7) is 15.0. The van der Waals surface area contributed by atoms with E-state index in [0.29, 0.717) is 18.8 Å². The summed E-state index contributed by atoms with van der Waals surface area (Å²) in [6.07, 6.45) is -9.39. The maximum Gasteiger partial charge on any atom is 0.310 e. The van der Waals surface area contributed by atoms with Crippen molar-refractivity contribution in [2.75, 3.05) is 19.8 Å². The van der Waals surface area contributed by atoms with E-state index in [1.807, 2.05) is 0 Å². The van der Waals surface area contributed by atoms with Crippen LogP contribution in [0.5, 0.6) is 0 Å². The largest absolute Gasteiger partial charge is 0.481 e. The number of allylic oxidation sites excluding steroid dienone is 2. The van der Waals surface area contributed by atoms with E-state index in [1.54, 1.807) is 0 Å². The number of hydrogen-bond donors (Lipinski definition) is 9. The van der Waals surface area contributed by atoms with Crippen LogP contribution in [0.3, 0.4) is 0 Å².